The summed E-state index contributed by atoms with van der Waals surface area (Å²) in [7, 11) is 3.06. The lowest BCUT2D eigenvalue weighted by Gasteiger charge is -2.34. The lowest BCUT2D eigenvalue weighted by Crippen LogP contribution is -2.43. The van der Waals surface area contributed by atoms with Crippen molar-refractivity contribution in [1.29, 1.82) is 0 Å². The highest BCUT2D eigenvalue weighted by Gasteiger charge is 2.27. The molecule has 148 valence electrons. The fourth-order valence-electron chi connectivity index (χ4n) is 4.04. The van der Waals surface area contributed by atoms with Crippen LogP contribution in [0.3, 0.4) is 0 Å². The van der Waals surface area contributed by atoms with Crippen molar-refractivity contribution in [2.75, 3.05) is 0 Å². The molecule has 0 aromatic carbocycles. The van der Waals surface area contributed by atoms with Gasteiger partial charge in [-0.2, -0.15) is 0 Å². The van der Waals surface area contributed by atoms with Gasteiger partial charge in [-0.25, -0.2) is 9.78 Å². The summed E-state index contributed by atoms with van der Waals surface area (Å²) >= 11 is 0. The predicted molar refractivity (Wildman–Crippen MR) is 104 cm³/mol. The molecule has 2 aromatic heterocycles. The Bertz CT molecular complexity index is 955. The number of aryl methyl sites for hydroxylation is 2. The molecule has 2 aromatic rings. The van der Waals surface area contributed by atoms with E-state index in [0.29, 0.717) is 42.4 Å². The fourth-order valence-corrected chi connectivity index (χ4v) is 4.04. The van der Waals surface area contributed by atoms with Crippen LogP contribution in [0.2, 0.25) is 0 Å². The molecule has 27 heavy (non-hydrogen) atoms. The van der Waals surface area contributed by atoms with E-state index in [2.05, 4.69) is 24.1 Å². The molecule has 0 saturated heterocycles. The maximum atomic E-state index is 12.4. The van der Waals surface area contributed by atoms with Crippen molar-refractivity contribution in [3.05, 3.63) is 27.2 Å². The molecule has 2 heterocycles. The molecule has 1 aliphatic carbocycles. The molecule has 0 spiro atoms. The van der Waals surface area contributed by atoms with E-state index in [1.165, 1.54) is 24.5 Å². The zero-order valence-electron chi connectivity index (χ0n) is 16.6. The largest absolute Gasteiger partial charge is 0.353 e. The van der Waals surface area contributed by atoms with Crippen molar-refractivity contribution in [2.24, 2.45) is 25.9 Å². The Hall–Kier alpha value is -2.38. The average Bonchev–Trinajstić information content (AvgIpc) is 3.06. The van der Waals surface area contributed by atoms with Gasteiger partial charge < -0.3 is 9.88 Å². The normalized spacial score (nSPS) is 22.9. The van der Waals surface area contributed by atoms with Gasteiger partial charge in [0.05, 0.1) is 6.33 Å². The average molecular weight is 375 g/mol. The van der Waals surface area contributed by atoms with Gasteiger partial charge in [-0.05, 0) is 24.7 Å². The molecule has 0 radical (unpaired) electrons. The van der Waals surface area contributed by atoms with Crippen LogP contribution in [-0.4, -0.2) is 30.6 Å². The summed E-state index contributed by atoms with van der Waals surface area (Å²) in [4.78, 5) is 40.9. The molecule has 1 saturated carbocycles. The first-order valence-corrected chi connectivity index (χ1v) is 9.71. The fraction of sp³-hybridized carbons (Fsp3) is 0.684. The molecule has 1 N–H and O–H groups in total. The Labute approximate surface area is 158 Å². The van der Waals surface area contributed by atoms with Gasteiger partial charge in [0.1, 0.15) is 0 Å². The molecule has 1 aliphatic rings. The summed E-state index contributed by atoms with van der Waals surface area (Å²) in [6.07, 6.45) is 6.03. The number of amides is 1. The highest BCUT2D eigenvalue weighted by atomic mass is 16.2. The number of rotatable bonds is 5. The predicted octanol–water partition coefficient (Wildman–Crippen LogP) is 1.15. The lowest BCUT2D eigenvalue weighted by atomic mass is 9.78. The minimum Gasteiger partial charge on any atom is -0.353 e. The molecule has 0 bridgehead atoms. The molecule has 3 atom stereocenters. The zero-order valence-corrected chi connectivity index (χ0v) is 16.6. The van der Waals surface area contributed by atoms with Crippen LogP contribution in [0.4, 0.5) is 0 Å². The summed E-state index contributed by atoms with van der Waals surface area (Å²) in [5, 5.41) is 3.18. The number of fused-ring (bicyclic) bond motifs is 1. The van der Waals surface area contributed by atoms with Crippen LogP contribution in [0.1, 0.15) is 46.0 Å². The van der Waals surface area contributed by atoms with Gasteiger partial charge in [0.15, 0.2) is 11.2 Å². The number of hydrogen-bond donors (Lipinski definition) is 1. The molecule has 8 nitrogen and oxygen atoms in total. The Balaban J connectivity index is 1.63. The van der Waals surface area contributed by atoms with Gasteiger partial charge in [-0.3, -0.25) is 18.7 Å². The molecule has 3 rings (SSSR count). The van der Waals surface area contributed by atoms with Crippen LogP contribution in [0.15, 0.2) is 15.9 Å². The van der Waals surface area contributed by atoms with Crippen LogP contribution in [-0.2, 0) is 25.4 Å². The van der Waals surface area contributed by atoms with Crippen molar-refractivity contribution in [3.8, 4) is 0 Å². The molecular weight excluding hydrogens is 346 g/mol. The van der Waals surface area contributed by atoms with E-state index >= 15 is 0 Å². The molecule has 1 fully saturated rings. The third-order valence-electron chi connectivity index (χ3n) is 6.07. The quantitative estimate of drug-likeness (QED) is 0.849. The van der Waals surface area contributed by atoms with Crippen molar-refractivity contribution in [2.45, 2.75) is 58.5 Å². The van der Waals surface area contributed by atoms with Gasteiger partial charge in [-0.1, -0.05) is 26.7 Å². The standard InChI is InChI=1S/C19H29N5O3/c1-12-7-5-8-14(13(12)2)21-15(25)9-6-10-24-11-20-17-16(24)18(26)23(4)19(27)22(17)3/h11-14H,5-10H2,1-4H3,(H,21,25)/t12-,13+,14+/m1/s1. The zero-order chi connectivity index (χ0) is 19.7. The van der Waals surface area contributed by atoms with Crippen molar-refractivity contribution >= 4 is 17.1 Å². The Morgan fingerprint density at radius 1 is 1.22 bits per heavy atom. The Morgan fingerprint density at radius 3 is 2.70 bits per heavy atom. The topological polar surface area (TPSA) is 90.9 Å². The number of nitrogens with zero attached hydrogens (tertiary/aromatic N) is 4. The summed E-state index contributed by atoms with van der Waals surface area (Å²) in [6, 6.07) is 0.261. The van der Waals surface area contributed by atoms with E-state index < -0.39 is 5.69 Å². The number of aromatic nitrogens is 4. The maximum Gasteiger partial charge on any atom is 0.332 e. The molecule has 0 unspecified atom stereocenters. The van der Waals surface area contributed by atoms with Gasteiger partial charge in [0.25, 0.3) is 5.56 Å². The van der Waals surface area contributed by atoms with Gasteiger partial charge in [0.2, 0.25) is 5.91 Å². The second-order valence-electron chi connectivity index (χ2n) is 7.86. The molecule has 0 aliphatic heterocycles. The van der Waals surface area contributed by atoms with Crippen LogP contribution >= 0.6 is 0 Å². The number of nitrogens with one attached hydrogen (secondary N) is 1. The van der Waals surface area contributed by atoms with Crippen molar-refractivity contribution in [1.82, 2.24) is 24.0 Å². The van der Waals surface area contributed by atoms with Crippen LogP contribution < -0.4 is 16.6 Å². The highest BCUT2D eigenvalue weighted by molar-refractivity contribution is 5.76. The van der Waals surface area contributed by atoms with Crippen LogP contribution in [0.25, 0.3) is 11.2 Å². The second kappa shape index (κ2) is 7.70. The van der Waals surface area contributed by atoms with E-state index in [-0.39, 0.29) is 17.5 Å². The number of carbonyl (C=O) groups is 1. The smallest absolute Gasteiger partial charge is 0.332 e. The first kappa shape index (κ1) is 19.4. The number of carbonyl (C=O) groups excluding carboxylic acids is 1. The molecule has 8 heteroatoms. The minimum absolute atomic E-state index is 0.0608. The van der Waals surface area contributed by atoms with E-state index in [1.807, 2.05) is 0 Å². The van der Waals surface area contributed by atoms with E-state index in [9.17, 15) is 14.4 Å². The number of hydrogen-bond acceptors (Lipinski definition) is 4. The molecular formula is C19H29N5O3. The lowest BCUT2D eigenvalue weighted by molar-refractivity contribution is -0.122. The minimum atomic E-state index is -0.395. The summed E-state index contributed by atoms with van der Waals surface area (Å²) in [5.74, 6) is 1.21. The van der Waals surface area contributed by atoms with Crippen molar-refractivity contribution in [3.63, 3.8) is 0 Å². The summed E-state index contributed by atoms with van der Waals surface area (Å²) in [5.41, 5.74) is 0.0142. The third-order valence-corrected chi connectivity index (χ3v) is 6.07. The van der Waals surface area contributed by atoms with Crippen LogP contribution in [0.5, 0.6) is 0 Å². The van der Waals surface area contributed by atoms with Crippen molar-refractivity contribution < 1.29 is 4.79 Å². The van der Waals surface area contributed by atoms with Crippen LogP contribution in [0, 0.1) is 11.8 Å². The van der Waals surface area contributed by atoms with E-state index in [0.717, 1.165) is 11.0 Å². The Kier molecular flexibility index (Phi) is 5.53. The van der Waals surface area contributed by atoms with E-state index in [4.69, 9.17) is 0 Å². The first-order chi connectivity index (χ1) is 12.8. The monoisotopic (exact) mass is 375 g/mol. The maximum absolute atomic E-state index is 12.4. The van der Waals surface area contributed by atoms with E-state index in [1.54, 1.807) is 17.9 Å². The summed E-state index contributed by atoms with van der Waals surface area (Å²) < 4.78 is 4.18. The van der Waals surface area contributed by atoms with Gasteiger partial charge in [-0.15, -0.1) is 0 Å². The highest BCUT2D eigenvalue weighted by Crippen LogP contribution is 2.29. The molecule has 1 amide bonds. The van der Waals surface area contributed by atoms with Gasteiger partial charge in [0, 0.05) is 33.1 Å². The first-order valence-electron chi connectivity index (χ1n) is 9.71. The van der Waals surface area contributed by atoms with Gasteiger partial charge >= 0.3 is 5.69 Å². The number of imidazole rings is 1. The SMILES string of the molecule is C[C@H]1[C@H](C)CCC[C@@H]1NC(=O)CCCn1cnc2c1c(=O)n(C)c(=O)n2C. The Morgan fingerprint density at radius 2 is 1.96 bits per heavy atom. The summed E-state index contributed by atoms with van der Waals surface area (Å²) in [6.45, 7) is 4.97. The second-order valence-corrected chi connectivity index (χ2v) is 7.86. The third kappa shape index (κ3) is 3.70.